The van der Waals surface area contributed by atoms with E-state index in [1.54, 1.807) is 76.5 Å². The average molecular weight is 1530 g/mol. The monoisotopic (exact) mass is 1530 g/mol. The maximum absolute atomic E-state index is 11.8. The standard InChI is InChI=1S/C114H86N4/c1-113(2,3)83-68-89(74-90(69-83)116(112-101(77-38-15-9-16-39-77)70-84(114(4,5)6)71-102(112)78-40-17-10-18-41-78)86-45-32-47-88(73-86)118-108-59-30-28-55-98(108)106-65-80(61-63-110(106)118)76-36-13-8-14-37-76)115(85-44-31-46-87(72-85)117-107-58-29-27-54-97(107)105-64-79(60-62-109(105)117)75-34-11-7-12-35-75)111-99(103-66-81-42-19-21-48-91(81)93-50-23-25-52-95(93)103)56-33-57-100(111)104-67-82-43-20-22-49-92(82)94-51-24-26-53-96(94)104/h7-74H,1-6H3/i27D,28D,29D,30D,31D,32D,44D,45D,46D,47D,54D,55D,58D,59D,60D,61D,62D,63D,64D,65D,72D,73D. The van der Waals surface area contributed by atoms with Crippen LogP contribution in [0.2, 0.25) is 0 Å². The van der Waals surface area contributed by atoms with E-state index in [0.717, 1.165) is 57.8 Å². The van der Waals surface area contributed by atoms with Crippen molar-refractivity contribution >= 4 is 121 Å². The van der Waals surface area contributed by atoms with E-state index in [0.29, 0.717) is 61.2 Å². The third-order valence-corrected chi connectivity index (χ3v) is 22.6. The van der Waals surface area contributed by atoms with Gasteiger partial charge < -0.3 is 18.9 Å². The molecule has 0 aliphatic heterocycles. The summed E-state index contributed by atoms with van der Waals surface area (Å²) in [5.41, 5.74) is 1.56. The Morgan fingerprint density at radius 1 is 0.229 bits per heavy atom. The highest BCUT2D eigenvalue weighted by Crippen LogP contribution is 2.56. The van der Waals surface area contributed by atoms with E-state index >= 15 is 0 Å². The molecule has 118 heavy (non-hydrogen) atoms. The van der Waals surface area contributed by atoms with Gasteiger partial charge in [-0.15, -0.1) is 0 Å². The Bertz CT molecular complexity index is 8720. The third kappa shape index (κ3) is 12.4. The molecule has 562 valence electrons. The molecule has 0 aliphatic carbocycles. The molecule has 0 N–H and O–H groups in total. The number of hydrogen-bond donors (Lipinski definition) is 0. The molecule has 0 saturated heterocycles. The second kappa shape index (κ2) is 28.8. The Morgan fingerprint density at radius 2 is 0.585 bits per heavy atom. The second-order valence-corrected chi connectivity index (χ2v) is 31.8. The molecule has 2 heterocycles. The van der Waals surface area contributed by atoms with Gasteiger partial charge in [-0.25, -0.2) is 0 Å². The molecule has 0 atom stereocenters. The molecule has 0 spiro atoms. The molecule has 0 radical (unpaired) electrons. The quantitative estimate of drug-likeness (QED) is 0.101. The van der Waals surface area contributed by atoms with Crippen LogP contribution in [0.4, 0.5) is 34.1 Å². The molecule has 0 aliphatic rings. The Hall–Kier alpha value is -14.6. The van der Waals surface area contributed by atoms with Gasteiger partial charge in [0.25, 0.3) is 0 Å². The summed E-state index contributed by atoms with van der Waals surface area (Å²) in [6.07, 6.45) is 0. The zero-order valence-corrected chi connectivity index (χ0v) is 65.3. The summed E-state index contributed by atoms with van der Waals surface area (Å²) >= 11 is 0. The molecule has 0 saturated carbocycles. The summed E-state index contributed by atoms with van der Waals surface area (Å²) in [5.74, 6) is 0. The fraction of sp³-hybridized carbons (Fsp3) is 0.0702. The fourth-order valence-corrected chi connectivity index (χ4v) is 16.9. The van der Waals surface area contributed by atoms with Gasteiger partial charge in [0, 0.05) is 77.9 Å². The first-order valence-corrected chi connectivity index (χ1v) is 39.4. The lowest BCUT2D eigenvalue weighted by molar-refractivity contribution is 0.590. The van der Waals surface area contributed by atoms with Crippen LogP contribution in [0.3, 0.4) is 0 Å². The molecular weight excluding hydrogens is 1430 g/mol. The molecule has 0 unspecified atom stereocenters. The highest BCUT2D eigenvalue weighted by molar-refractivity contribution is 6.20. The van der Waals surface area contributed by atoms with E-state index < -0.39 is 178 Å². The number of para-hydroxylation sites is 3. The van der Waals surface area contributed by atoms with Crippen molar-refractivity contribution in [3.05, 3.63) is 423 Å². The Kier molecular flexibility index (Phi) is 12.5. The van der Waals surface area contributed by atoms with Gasteiger partial charge in [-0.1, -0.05) is 339 Å². The van der Waals surface area contributed by atoms with Crippen molar-refractivity contribution in [3.63, 3.8) is 0 Å². The summed E-state index contributed by atoms with van der Waals surface area (Å²) in [6.45, 7) is 12.1. The van der Waals surface area contributed by atoms with Crippen LogP contribution in [0.5, 0.6) is 0 Å². The Labute approximate surface area is 720 Å². The minimum Gasteiger partial charge on any atom is -0.309 e. The van der Waals surface area contributed by atoms with Crippen LogP contribution in [0.25, 0.3) is 165 Å². The molecule has 19 aromatic carbocycles. The number of nitrogens with zero attached hydrogens (tertiary/aromatic N) is 4. The summed E-state index contributed by atoms with van der Waals surface area (Å²) in [5, 5.41) is 5.59. The van der Waals surface area contributed by atoms with E-state index in [-0.39, 0.29) is 66.5 Å². The van der Waals surface area contributed by atoms with E-state index in [1.165, 1.54) is 0 Å². The Balaban J connectivity index is 0.996. The van der Waals surface area contributed by atoms with Crippen LogP contribution >= 0.6 is 0 Å². The minimum atomic E-state index is -1.06. The van der Waals surface area contributed by atoms with Crippen molar-refractivity contribution in [1.82, 2.24) is 9.13 Å². The van der Waals surface area contributed by atoms with Gasteiger partial charge in [-0.3, -0.25) is 0 Å². The van der Waals surface area contributed by atoms with Crippen molar-refractivity contribution in [2.24, 2.45) is 0 Å². The molecule has 21 aromatic rings. The van der Waals surface area contributed by atoms with Gasteiger partial charge in [0.15, 0.2) is 0 Å². The smallest absolute Gasteiger partial charge is 0.0667 e. The van der Waals surface area contributed by atoms with Crippen molar-refractivity contribution in [2.45, 2.75) is 52.4 Å². The predicted octanol–water partition coefficient (Wildman–Crippen LogP) is 32.0. The van der Waals surface area contributed by atoms with Crippen molar-refractivity contribution in [3.8, 4) is 78.1 Å². The number of fused-ring (bicyclic) bond motifs is 12. The SMILES string of the molecule is [2H]c1c([2H])c(N(c2cc(N(c3c(-c4cc5ccccc5c5ccccc45)cccc3-c3cc4ccccc4c4ccccc34)c3c([2H])c([2H])c([2H])c(-n4c5c([2H])c([2H])c([2H])c([2H])c5c5c([2H])c(-c6ccccc6)c([2H])c([2H])c54)c3[2H])cc(C(C)(C)C)c2)c2c(-c3ccccc3)cc(C(C)(C)C)cc2-c2ccccc2)c([2H])c(-n2c3c([2H])c([2H])c([2H])c([2H])c3c3c([2H])c(-c4ccccc4)c([2H])c([2H])c32)c1[2H]. The molecular formula is C114H86N4. The van der Waals surface area contributed by atoms with E-state index in [1.807, 2.05) is 221 Å². The number of hydrogen-bond acceptors (Lipinski definition) is 2. The summed E-state index contributed by atoms with van der Waals surface area (Å²) in [4.78, 5) is 3.37. The van der Waals surface area contributed by atoms with Crippen LogP contribution in [0.15, 0.2) is 412 Å². The number of anilines is 6. The van der Waals surface area contributed by atoms with Crippen LogP contribution in [0, 0.1) is 0 Å². The lowest BCUT2D eigenvalue weighted by Gasteiger charge is -2.36. The van der Waals surface area contributed by atoms with Crippen LogP contribution in [-0.2, 0) is 10.8 Å². The fourth-order valence-electron chi connectivity index (χ4n) is 16.9. The number of benzene rings is 19. The first-order valence-electron chi connectivity index (χ1n) is 50.4. The maximum atomic E-state index is 11.8. The van der Waals surface area contributed by atoms with Gasteiger partial charge in [-0.05, 0) is 225 Å². The average Bonchev–Trinajstić information content (AvgIpc) is 1.54. The van der Waals surface area contributed by atoms with Gasteiger partial charge in [0.1, 0.15) is 0 Å². The molecule has 0 fully saturated rings. The Morgan fingerprint density at radius 3 is 1.01 bits per heavy atom. The third-order valence-electron chi connectivity index (χ3n) is 22.6. The first kappa shape index (κ1) is 51.3. The van der Waals surface area contributed by atoms with Gasteiger partial charge in [0.2, 0.25) is 0 Å². The summed E-state index contributed by atoms with van der Waals surface area (Å²) < 4.78 is 230. The lowest BCUT2D eigenvalue weighted by atomic mass is 9.81. The molecule has 21 rings (SSSR count). The first-order chi connectivity index (χ1) is 67.0. The van der Waals surface area contributed by atoms with E-state index in [4.69, 9.17) is 0 Å². The normalized spacial score (nSPS) is 14.6. The zero-order valence-electron chi connectivity index (χ0n) is 87.3. The van der Waals surface area contributed by atoms with Crippen molar-refractivity contribution in [1.29, 1.82) is 0 Å². The van der Waals surface area contributed by atoms with Gasteiger partial charge in [0.05, 0.1) is 63.6 Å². The van der Waals surface area contributed by atoms with Crippen molar-refractivity contribution in [2.75, 3.05) is 9.80 Å². The van der Waals surface area contributed by atoms with Crippen LogP contribution in [-0.4, -0.2) is 9.13 Å². The lowest BCUT2D eigenvalue weighted by Crippen LogP contribution is -2.20. The highest BCUT2D eigenvalue weighted by atomic mass is 15.2. The number of aromatic nitrogens is 2. The molecule has 2 aromatic heterocycles. The van der Waals surface area contributed by atoms with Crippen LogP contribution < -0.4 is 9.80 Å². The summed E-state index contributed by atoms with van der Waals surface area (Å²) in [7, 11) is 0. The predicted molar refractivity (Wildman–Crippen MR) is 505 cm³/mol. The second-order valence-electron chi connectivity index (χ2n) is 31.8. The topological polar surface area (TPSA) is 16.3 Å². The van der Waals surface area contributed by atoms with Gasteiger partial charge >= 0.3 is 0 Å². The van der Waals surface area contributed by atoms with Crippen LogP contribution in [0.1, 0.15) is 82.8 Å². The van der Waals surface area contributed by atoms with E-state index in [9.17, 15) is 30.2 Å². The van der Waals surface area contributed by atoms with Gasteiger partial charge in [-0.2, -0.15) is 0 Å². The molecule has 0 amide bonds. The molecule has 4 heteroatoms. The molecule has 4 nitrogen and oxygen atoms in total. The number of rotatable bonds is 14. The summed E-state index contributed by atoms with van der Waals surface area (Å²) in [6, 6.07) is 72.2. The minimum absolute atomic E-state index is 0.0509. The maximum Gasteiger partial charge on any atom is 0.0667 e. The van der Waals surface area contributed by atoms with Crippen molar-refractivity contribution < 1.29 is 30.2 Å². The van der Waals surface area contributed by atoms with E-state index in [2.05, 4.69) is 32.9 Å². The highest BCUT2D eigenvalue weighted by Gasteiger charge is 2.32. The largest absolute Gasteiger partial charge is 0.309 e. The zero-order chi connectivity index (χ0) is 98.5. The molecule has 0 bridgehead atoms.